The molecular formula is C15H33NO2. The summed E-state index contributed by atoms with van der Waals surface area (Å²) in [5.41, 5.74) is 5.93. The first-order valence-electron chi connectivity index (χ1n) is 7.74. The standard InChI is InChI=1S/C15H33NO2/c1-5-9-11-13(7-3)17-15(16)18-14(8-4)12-10-6-2/h13-15H,5-12,16H2,1-4H3. The molecule has 0 aromatic rings. The fraction of sp³-hybridized carbons (Fsp3) is 1.00. The first-order chi connectivity index (χ1) is 8.67. The van der Waals surface area contributed by atoms with E-state index < -0.39 is 6.41 Å². The van der Waals surface area contributed by atoms with Gasteiger partial charge < -0.3 is 9.47 Å². The highest BCUT2D eigenvalue weighted by atomic mass is 16.7. The molecule has 0 bridgehead atoms. The fourth-order valence-electron chi connectivity index (χ4n) is 2.01. The van der Waals surface area contributed by atoms with Crippen LogP contribution in [0.15, 0.2) is 0 Å². The van der Waals surface area contributed by atoms with E-state index in [-0.39, 0.29) is 12.2 Å². The molecule has 0 heterocycles. The van der Waals surface area contributed by atoms with Crippen LogP contribution >= 0.6 is 0 Å². The van der Waals surface area contributed by atoms with Gasteiger partial charge in [0.25, 0.3) is 0 Å². The van der Waals surface area contributed by atoms with E-state index in [0.29, 0.717) is 0 Å². The molecule has 3 heteroatoms. The molecule has 0 rings (SSSR count). The van der Waals surface area contributed by atoms with Crippen molar-refractivity contribution in [1.29, 1.82) is 0 Å². The maximum atomic E-state index is 5.93. The predicted octanol–water partition coefficient (Wildman–Crippen LogP) is 4.20. The van der Waals surface area contributed by atoms with Crippen LogP contribution in [0.25, 0.3) is 0 Å². The van der Waals surface area contributed by atoms with Gasteiger partial charge in [-0.05, 0) is 25.7 Å². The lowest BCUT2D eigenvalue weighted by Gasteiger charge is -2.25. The second-order valence-electron chi connectivity index (χ2n) is 4.99. The van der Waals surface area contributed by atoms with Gasteiger partial charge in [0.2, 0.25) is 6.41 Å². The Bertz CT molecular complexity index is 158. The highest BCUT2D eigenvalue weighted by Gasteiger charge is 2.15. The summed E-state index contributed by atoms with van der Waals surface area (Å²) in [5, 5.41) is 0. The molecule has 0 aliphatic rings. The Morgan fingerprint density at radius 2 is 1.17 bits per heavy atom. The van der Waals surface area contributed by atoms with Crippen LogP contribution in [0, 0.1) is 0 Å². The number of nitrogens with two attached hydrogens (primary N) is 1. The molecule has 18 heavy (non-hydrogen) atoms. The second-order valence-corrected chi connectivity index (χ2v) is 4.99. The van der Waals surface area contributed by atoms with Gasteiger partial charge in [-0.15, -0.1) is 0 Å². The molecule has 0 amide bonds. The van der Waals surface area contributed by atoms with Gasteiger partial charge in [-0.2, -0.15) is 0 Å². The molecule has 0 aromatic carbocycles. The van der Waals surface area contributed by atoms with Gasteiger partial charge in [-0.3, -0.25) is 5.73 Å². The van der Waals surface area contributed by atoms with E-state index in [1.54, 1.807) is 0 Å². The minimum atomic E-state index is -0.561. The molecule has 110 valence electrons. The molecule has 2 atom stereocenters. The van der Waals surface area contributed by atoms with Gasteiger partial charge in [0.1, 0.15) is 0 Å². The maximum absolute atomic E-state index is 5.93. The van der Waals surface area contributed by atoms with Crippen LogP contribution in [0.5, 0.6) is 0 Å². The molecule has 0 spiro atoms. The van der Waals surface area contributed by atoms with Crippen LogP contribution in [0.2, 0.25) is 0 Å². The van der Waals surface area contributed by atoms with Crippen LogP contribution in [0.1, 0.15) is 79.1 Å². The van der Waals surface area contributed by atoms with Gasteiger partial charge in [-0.1, -0.05) is 53.4 Å². The number of hydrogen-bond acceptors (Lipinski definition) is 3. The summed E-state index contributed by atoms with van der Waals surface area (Å²) < 4.78 is 11.5. The molecule has 0 aromatic heterocycles. The normalized spacial score (nSPS) is 16.5. The zero-order chi connectivity index (χ0) is 13.8. The molecule has 0 fully saturated rings. The molecule has 2 N–H and O–H groups in total. The summed E-state index contributed by atoms with van der Waals surface area (Å²) in [7, 11) is 0. The minimum Gasteiger partial charge on any atom is -0.337 e. The fourth-order valence-corrected chi connectivity index (χ4v) is 2.01. The smallest absolute Gasteiger partial charge is 0.213 e. The van der Waals surface area contributed by atoms with E-state index in [1.807, 2.05) is 0 Å². The summed E-state index contributed by atoms with van der Waals surface area (Å²) in [5.74, 6) is 0. The van der Waals surface area contributed by atoms with Gasteiger partial charge >= 0.3 is 0 Å². The Kier molecular flexibility index (Phi) is 11.9. The van der Waals surface area contributed by atoms with Crippen LogP contribution in [-0.2, 0) is 9.47 Å². The summed E-state index contributed by atoms with van der Waals surface area (Å²) >= 11 is 0. The number of hydrogen-bond donors (Lipinski definition) is 1. The molecule has 0 radical (unpaired) electrons. The van der Waals surface area contributed by atoms with Crippen LogP contribution in [0.4, 0.5) is 0 Å². The van der Waals surface area contributed by atoms with E-state index in [1.165, 1.54) is 25.7 Å². The highest BCUT2D eigenvalue weighted by Crippen LogP contribution is 2.14. The lowest BCUT2D eigenvalue weighted by atomic mass is 10.1. The zero-order valence-corrected chi connectivity index (χ0v) is 12.8. The lowest BCUT2D eigenvalue weighted by molar-refractivity contribution is -0.194. The minimum absolute atomic E-state index is 0.239. The highest BCUT2D eigenvalue weighted by molar-refractivity contribution is 4.58. The third-order valence-electron chi connectivity index (χ3n) is 3.32. The molecular weight excluding hydrogens is 226 g/mol. The third-order valence-corrected chi connectivity index (χ3v) is 3.32. The topological polar surface area (TPSA) is 44.5 Å². The third kappa shape index (κ3) is 8.90. The Morgan fingerprint density at radius 1 is 0.778 bits per heavy atom. The van der Waals surface area contributed by atoms with Gasteiger partial charge in [-0.25, -0.2) is 0 Å². The van der Waals surface area contributed by atoms with Crippen molar-refractivity contribution < 1.29 is 9.47 Å². The van der Waals surface area contributed by atoms with Crippen LogP contribution in [-0.4, -0.2) is 18.6 Å². The van der Waals surface area contributed by atoms with E-state index >= 15 is 0 Å². The molecule has 2 unspecified atom stereocenters. The SMILES string of the molecule is CCCCC(CC)OC(N)OC(CC)CCCC. The first-order valence-corrected chi connectivity index (χ1v) is 7.74. The molecule has 3 nitrogen and oxygen atoms in total. The predicted molar refractivity (Wildman–Crippen MR) is 77.4 cm³/mol. The zero-order valence-electron chi connectivity index (χ0n) is 12.8. The van der Waals surface area contributed by atoms with Crippen molar-refractivity contribution in [3.63, 3.8) is 0 Å². The van der Waals surface area contributed by atoms with E-state index in [9.17, 15) is 0 Å². The molecule has 0 saturated carbocycles. The van der Waals surface area contributed by atoms with Crippen molar-refractivity contribution in [2.75, 3.05) is 0 Å². The Balaban J connectivity index is 3.92. The second kappa shape index (κ2) is 11.9. The average molecular weight is 259 g/mol. The Hall–Kier alpha value is -0.120. The van der Waals surface area contributed by atoms with Gasteiger partial charge in [0.15, 0.2) is 0 Å². The van der Waals surface area contributed by atoms with Crippen molar-refractivity contribution in [2.24, 2.45) is 5.73 Å². The monoisotopic (exact) mass is 259 g/mol. The maximum Gasteiger partial charge on any atom is 0.213 e. The van der Waals surface area contributed by atoms with Crippen molar-refractivity contribution in [3.8, 4) is 0 Å². The molecule has 0 aliphatic heterocycles. The number of rotatable bonds is 12. The first kappa shape index (κ1) is 17.9. The molecule has 0 saturated heterocycles. The van der Waals surface area contributed by atoms with Crippen molar-refractivity contribution >= 4 is 0 Å². The van der Waals surface area contributed by atoms with Crippen LogP contribution in [0.3, 0.4) is 0 Å². The number of ether oxygens (including phenoxy) is 2. The molecule has 0 aliphatic carbocycles. The van der Waals surface area contributed by atoms with Gasteiger partial charge in [0.05, 0.1) is 12.2 Å². The van der Waals surface area contributed by atoms with E-state index in [4.69, 9.17) is 15.2 Å². The van der Waals surface area contributed by atoms with Gasteiger partial charge in [0, 0.05) is 0 Å². The summed E-state index contributed by atoms with van der Waals surface area (Å²) in [6.07, 6.45) is 8.86. The largest absolute Gasteiger partial charge is 0.337 e. The summed E-state index contributed by atoms with van der Waals surface area (Å²) in [4.78, 5) is 0. The summed E-state index contributed by atoms with van der Waals surface area (Å²) in [6, 6.07) is 0. The van der Waals surface area contributed by atoms with Crippen molar-refractivity contribution in [1.82, 2.24) is 0 Å². The average Bonchev–Trinajstić information content (AvgIpc) is 2.39. The Morgan fingerprint density at radius 3 is 1.44 bits per heavy atom. The van der Waals surface area contributed by atoms with Crippen molar-refractivity contribution in [2.45, 2.75) is 97.7 Å². The van der Waals surface area contributed by atoms with E-state index in [0.717, 1.165) is 25.7 Å². The van der Waals surface area contributed by atoms with Crippen molar-refractivity contribution in [3.05, 3.63) is 0 Å². The Labute approximate surface area is 113 Å². The van der Waals surface area contributed by atoms with E-state index in [2.05, 4.69) is 27.7 Å². The summed E-state index contributed by atoms with van der Waals surface area (Å²) in [6.45, 7) is 8.67. The lowest BCUT2D eigenvalue weighted by Crippen LogP contribution is -2.35. The number of unbranched alkanes of at least 4 members (excludes halogenated alkanes) is 2. The quantitative estimate of drug-likeness (QED) is 0.534. The van der Waals surface area contributed by atoms with Crippen LogP contribution < -0.4 is 5.73 Å².